The zero-order valence-electron chi connectivity index (χ0n) is 13.2. The van der Waals surface area contributed by atoms with Gasteiger partial charge in [-0.3, -0.25) is 0 Å². The topological polar surface area (TPSA) is 12.0 Å². The summed E-state index contributed by atoms with van der Waals surface area (Å²) in [6.45, 7) is 16.9. The maximum absolute atomic E-state index is 3.69. The molecule has 1 atom stereocenters. The van der Waals surface area contributed by atoms with E-state index in [0.717, 1.165) is 13.0 Å². The largest absolute Gasteiger partial charge is 0.310 e. The fourth-order valence-electron chi connectivity index (χ4n) is 2.82. The van der Waals surface area contributed by atoms with Crippen molar-refractivity contribution in [1.29, 1.82) is 0 Å². The molecule has 1 unspecified atom stereocenters. The Morgan fingerprint density at radius 1 is 0.778 bits per heavy atom. The van der Waals surface area contributed by atoms with Gasteiger partial charge in [-0.1, -0.05) is 13.8 Å². The van der Waals surface area contributed by atoms with Gasteiger partial charge < -0.3 is 5.32 Å². The van der Waals surface area contributed by atoms with Crippen LogP contribution in [0.1, 0.15) is 66.1 Å². The first kappa shape index (κ1) is 15.2. The van der Waals surface area contributed by atoms with Crippen molar-refractivity contribution in [1.82, 2.24) is 5.32 Å². The van der Waals surface area contributed by atoms with Gasteiger partial charge in [-0.05, 0) is 87.4 Å². The third kappa shape index (κ3) is 2.77. The van der Waals surface area contributed by atoms with Gasteiger partial charge in [0.1, 0.15) is 0 Å². The molecule has 0 saturated carbocycles. The van der Waals surface area contributed by atoms with E-state index in [2.05, 4.69) is 53.8 Å². The van der Waals surface area contributed by atoms with Gasteiger partial charge in [-0.15, -0.1) is 0 Å². The average molecular weight is 247 g/mol. The van der Waals surface area contributed by atoms with E-state index in [0.29, 0.717) is 6.04 Å². The number of rotatable bonds is 5. The van der Waals surface area contributed by atoms with E-state index in [1.54, 1.807) is 0 Å². The average Bonchev–Trinajstić information content (AvgIpc) is 2.38. The van der Waals surface area contributed by atoms with Crippen LogP contribution in [0.3, 0.4) is 0 Å². The fourth-order valence-corrected chi connectivity index (χ4v) is 2.82. The molecule has 0 heterocycles. The van der Waals surface area contributed by atoms with Crippen LogP contribution in [-0.4, -0.2) is 6.54 Å². The number of benzene rings is 1. The van der Waals surface area contributed by atoms with Gasteiger partial charge in [-0.25, -0.2) is 0 Å². The lowest BCUT2D eigenvalue weighted by Crippen LogP contribution is -2.24. The Labute approximate surface area is 113 Å². The summed E-state index contributed by atoms with van der Waals surface area (Å²) in [5, 5.41) is 3.69. The normalized spacial score (nSPS) is 12.8. The Bertz CT molecular complexity index is 389. The van der Waals surface area contributed by atoms with Crippen molar-refractivity contribution < 1.29 is 0 Å². The van der Waals surface area contributed by atoms with Crippen LogP contribution in [-0.2, 0) is 0 Å². The van der Waals surface area contributed by atoms with Crippen LogP contribution in [0.15, 0.2) is 0 Å². The minimum Gasteiger partial charge on any atom is -0.310 e. The molecular weight excluding hydrogens is 218 g/mol. The molecule has 0 aliphatic rings. The van der Waals surface area contributed by atoms with Gasteiger partial charge in [0.15, 0.2) is 0 Å². The molecule has 0 aliphatic heterocycles. The molecular formula is C17H29N. The maximum atomic E-state index is 3.69. The molecule has 0 saturated heterocycles. The first-order chi connectivity index (χ1) is 8.45. The highest BCUT2D eigenvalue weighted by Crippen LogP contribution is 2.31. The van der Waals surface area contributed by atoms with E-state index in [1.807, 2.05) is 0 Å². The molecule has 1 rings (SSSR count). The lowest BCUT2D eigenvalue weighted by Gasteiger charge is -2.26. The third-order valence-corrected chi connectivity index (χ3v) is 4.46. The van der Waals surface area contributed by atoms with Gasteiger partial charge >= 0.3 is 0 Å². The second-order valence-electron chi connectivity index (χ2n) is 5.45. The second kappa shape index (κ2) is 6.38. The van der Waals surface area contributed by atoms with Crippen LogP contribution in [0.25, 0.3) is 0 Å². The van der Waals surface area contributed by atoms with E-state index in [9.17, 15) is 0 Å². The molecule has 0 spiro atoms. The zero-order chi connectivity index (χ0) is 13.9. The van der Waals surface area contributed by atoms with Gasteiger partial charge in [0.05, 0.1) is 0 Å². The van der Waals surface area contributed by atoms with Crippen molar-refractivity contribution in [3.63, 3.8) is 0 Å². The molecule has 1 aromatic rings. The Hall–Kier alpha value is -0.820. The highest BCUT2D eigenvalue weighted by atomic mass is 14.9. The molecule has 1 nitrogen and oxygen atoms in total. The Morgan fingerprint density at radius 2 is 1.22 bits per heavy atom. The minimum absolute atomic E-state index is 0.503. The summed E-state index contributed by atoms with van der Waals surface area (Å²) < 4.78 is 0. The molecule has 102 valence electrons. The van der Waals surface area contributed by atoms with Crippen molar-refractivity contribution in [3.8, 4) is 0 Å². The van der Waals surface area contributed by atoms with Gasteiger partial charge in [0.25, 0.3) is 0 Å². The van der Waals surface area contributed by atoms with E-state index in [-0.39, 0.29) is 0 Å². The molecule has 1 N–H and O–H groups in total. The highest BCUT2D eigenvalue weighted by molar-refractivity contribution is 5.50. The van der Waals surface area contributed by atoms with Gasteiger partial charge in [0, 0.05) is 6.04 Å². The van der Waals surface area contributed by atoms with E-state index in [4.69, 9.17) is 0 Å². The lowest BCUT2D eigenvalue weighted by atomic mass is 9.85. The highest BCUT2D eigenvalue weighted by Gasteiger charge is 2.18. The summed E-state index contributed by atoms with van der Waals surface area (Å²) in [6, 6.07) is 0.503. The summed E-state index contributed by atoms with van der Waals surface area (Å²) >= 11 is 0. The Morgan fingerprint density at radius 3 is 1.61 bits per heavy atom. The zero-order valence-corrected chi connectivity index (χ0v) is 13.2. The molecule has 0 aromatic heterocycles. The van der Waals surface area contributed by atoms with Crippen molar-refractivity contribution in [2.75, 3.05) is 6.54 Å². The van der Waals surface area contributed by atoms with Gasteiger partial charge in [-0.2, -0.15) is 0 Å². The summed E-state index contributed by atoms with van der Waals surface area (Å²) in [5.74, 6) is 0. The summed E-state index contributed by atoms with van der Waals surface area (Å²) in [6.07, 6.45) is 2.35. The van der Waals surface area contributed by atoms with Crippen molar-refractivity contribution in [2.24, 2.45) is 0 Å². The van der Waals surface area contributed by atoms with Crippen LogP contribution >= 0.6 is 0 Å². The van der Waals surface area contributed by atoms with Crippen LogP contribution in [0.4, 0.5) is 0 Å². The van der Waals surface area contributed by atoms with Crippen LogP contribution in [0, 0.1) is 34.6 Å². The van der Waals surface area contributed by atoms with E-state index in [1.165, 1.54) is 39.8 Å². The molecule has 1 heteroatoms. The van der Waals surface area contributed by atoms with Crippen molar-refractivity contribution >= 4 is 0 Å². The first-order valence-corrected chi connectivity index (χ1v) is 7.25. The lowest BCUT2D eigenvalue weighted by molar-refractivity contribution is 0.513. The Balaban J connectivity index is 3.30. The van der Waals surface area contributed by atoms with Crippen LogP contribution in [0.5, 0.6) is 0 Å². The van der Waals surface area contributed by atoms with Gasteiger partial charge in [0.2, 0.25) is 0 Å². The maximum Gasteiger partial charge on any atom is 0.0323 e. The predicted molar refractivity (Wildman–Crippen MR) is 81.5 cm³/mol. The van der Waals surface area contributed by atoms with E-state index < -0.39 is 0 Å². The van der Waals surface area contributed by atoms with Crippen LogP contribution < -0.4 is 5.32 Å². The molecule has 0 radical (unpaired) electrons. The quantitative estimate of drug-likeness (QED) is 0.796. The number of nitrogens with one attached hydrogen (secondary N) is 1. The fraction of sp³-hybridized carbons (Fsp3) is 0.647. The molecule has 18 heavy (non-hydrogen) atoms. The second-order valence-corrected chi connectivity index (χ2v) is 5.45. The monoisotopic (exact) mass is 247 g/mol. The molecule has 1 aromatic carbocycles. The van der Waals surface area contributed by atoms with Crippen LogP contribution in [0.2, 0.25) is 0 Å². The molecule has 0 fully saturated rings. The number of hydrogen-bond donors (Lipinski definition) is 1. The van der Waals surface area contributed by atoms with E-state index >= 15 is 0 Å². The predicted octanol–water partition coefficient (Wildman–Crippen LogP) is 4.68. The van der Waals surface area contributed by atoms with Crippen molar-refractivity contribution in [3.05, 3.63) is 33.4 Å². The molecule has 0 aliphatic carbocycles. The smallest absolute Gasteiger partial charge is 0.0323 e. The summed E-state index contributed by atoms with van der Waals surface area (Å²) in [5.41, 5.74) is 8.87. The summed E-state index contributed by atoms with van der Waals surface area (Å²) in [4.78, 5) is 0. The third-order valence-electron chi connectivity index (χ3n) is 4.46. The Kier molecular flexibility index (Phi) is 5.40. The standard InChI is InChI=1S/C17H29N/c1-8-10-18-16(9-2)17-14(6)12(4)11(3)13(5)15(17)7/h16,18H,8-10H2,1-7H3. The minimum atomic E-state index is 0.503. The van der Waals surface area contributed by atoms with Crippen molar-refractivity contribution in [2.45, 2.75) is 67.3 Å². The first-order valence-electron chi connectivity index (χ1n) is 7.25. The molecule has 0 amide bonds. The SMILES string of the molecule is CCCNC(CC)c1c(C)c(C)c(C)c(C)c1C. The number of hydrogen-bond acceptors (Lipinski definition) is 1. The molecule has 0 bridgehead atoms. The summed E-state index contributed by atoms with van der Waals surface area (Å²) in [7, 11) is 0.